The summed E-state index contributed by atoms with van der Waals surface area (Å²) in [5.41, 5.74) is 11.7. The van der Waals surface area contributed by atoms with Gasteiger partial charge in [-0.05, 0) is 58.1 Å². The molecule has 0 fully saturated rings. The first-order valence-corrected chi connectivity index (χ1v) is 15.1. The zero-order valence-corrected chi connectivity index (χ0v) is 23.8. The molecular formula is C39H27NS. The molecule has 0 N–H and O–H groups in total. The molecule has 1 aliphatic carbocycles. The van der Waals surface area contributed by atoms with Gasteiger partial charge in [-0.2, -0.15) is 0 Å². The summed E-state index contributed by atoms with van der Waals surface area (Å²) in [4.78, 5) is 0. The summed E-state index contributed by atoms with van der Waals surface area (Å²) in [6, 6.07) is 47.1. The fourth-order valence-corrected chi connectivity index (χ4v) is 8.45. The van der Waals surface area contributed by atoms with Crippen molar-refractivity contribution < 1.29 is 0 Å². The maximum atomic E-state index is 2.46. The van der Waals surface area contributed by atoms with Gasteiger partial charge in [0.1, 0.15) is 0 Å². The van der Waals surface area contributed by atoms with E-state index in [4.69, 9.17) is 0 Å². The van der Waals surface area contributed by atoms with Crippen molar-refractivity contribution in [2.75, 3.05) is 0 Å². The average molecular weight is 542 g/mol. The van der Waals surface area contributed by atoms with Gasteiger partial charge in [-0.1, -0.05) is 111 Å². The van der Waals surface area contributed by atoms with Crippen molar-refractivity contribution in [2.45, 2.75) is 19.3 Å². The Labute approximate surface area is 242 Å². The van der Waals surface area contributed by atoms with Crippen LogP contribution in [-0.2, 0) is 5.41 Å². The number of thiophene rings is 1. The van der Waals surface area contributed by atoms with E-state index >= 15 is 0 Å². The summed E-state index contributed by atoms with van der Waals surface area (Å²) >= 11 is 1.93. The van der Waals surface area contributed by atoms with E-state index in [1.165, 1.54) is 81.0 Å². The van der Waals surface area contributed by atoms with Crippen LogP contribution in [0.5, 0.6) is 0 Å². The maximum absolute atomic E-state index is 2.46. The minimum atomic E-state index is -0.0843. The lowest BCUT2D eigenvalue weighted by Crippen LogP contribution is -2.15. The molecule has 0 bridgehead atoms. The van der Waals surface area contributed by atoms with Crippen LogP contribution in [0, 0.1) is 0 Å². The molecule has 6 aromatic carbocycles. The smallest absolute Gasteiger partial charge is 0.0547 e. The van der Waals surface area contributed by atoms with E-state index in [2.05, 4.69) is 146 Å². The van der Waals surface area contributed by atoms with E-state index in [9.17, 15) is 0 Å². The van der Waals surface area contributed by atoms with Crippen molar-refractivity contribution in [1.29, 1.82) is 0 Å². The molecule has 0 unspecified atom stereocenters. The van der Waals surface area contributed by atoms with Gasteiger partial charge >= 0.3 is 0 Å². The lowest BCUT2D eigenvalue weighted by molar-refractivity contribution is 0.660. The van der Waals surface area contributed by atoms with Gasteiger partial charge in [0.15, 0.2) is 0 Å². The predicted octanol–water partition coefficient (Wildman–Crippen LogP) is 11.1. The van der Waals surface area contributed by atoms with Crippen LogP contribution in [0.1, 0.15) is 25.0 Å². The lowest BCUT2D eigenvalue weighted by atomic mass is 9.82. The van der Waals surface area contributed by atoms with E-state index in [-0.39, 0.29) is 5.41 Å². The molecule has 41 heavy (non-hydrogen) atoms. The highest BCUT2D eigenvalue weighted by atomic mass is 32.1. The number of aromatic nitrogens is 1. The summed E-state index contributed by atoms with van der Waals surface area (Å²) in [6.45, 7) is 4.78. The predicted molar refractivity (Wildman–Crippen MR) is 177 cm³/mol. The highest BCUT2D eigenvalue weighted by Gasteiger charge is 2.37. The molecule has 0 radical (unpaired) electrons. The van der Waals surface area contributed by atoms with Crippen LogP contribution in [0.2, 0.25) is 0 Å². The first-order valence-electron chi connectivity index (χ1n) is 14.3. The van der Waals surface area contributed by atoms with Gasteiger partial charge in [-0.15, -0.1) is 11.3 Å². The molecule has 1 nitrogen and oxygen atoms in total. The number of nitrogens with zero attached hydrogens (tertiary/aromatic N) is 1. The first kappa shape index (κ1) is 23.1. The van der Waals surface area contributed by atoms with E-state index in [1.807, 2.05) is 11.3 Å². The molecule has 0 saturated heterocycles. The van der Waals surface area contributed by atoms with Gasteiger partial charge < -0.3 is 4.57 Å². The van der Waals surface area contributed by atoms with Crippen LogP contribution in [0.25, 0.3) is 69.9 Å². The minimum absolute atomic E-state index is 0.0843. The van der Waals surface area contributed by atoms with Crippen LogP contribution >= 0.6 is 11.3 Å². The highest BCUT2D eigenvalue weighted by molar-refractivity contribution is 7.26. The zero-order valence-electron chi connectivity index (χ0n) is 23.0. The van der Waals surface area contributed by atoms with E-state index in [0.717, 1.165) is 0 Å². The van der Waals surface area contributed by atoms with Crippen molar-refractivity contribution in [3.63, 3.8) is 0 Å². The summed E-state index contributed by atoms with van der Waals surface area (Å²) in [5.74, 6) is 0. The Morgan fingerprint density at radius 2 is 1.27 bits per heavy atom. The van der Waals surface area contributed by atoms with Crippen molar-refractivity contribution in [3.8, 4) is 27.9 Å². The zero-order chi connectivity index (χ0) is 27.3. The normalized spacial score (nSPS) is 13.8. The number of hydrogen-bond acceptors (Lipinski definition) is 1. The Hall–Kier alpha value is -4.66. The Bertz CT molecular complexity index is 2330. The molecule has 0 saturated carbocycles. The minimum Gasteiger partial charge on any atom is -0.309 e. The third-order valence-corrected chi connectivity index (χ3v) is 10.4. The number of para-hydroxylation sites is 1. The largest absolute Gasteiger partial charge is 0.309 e. The molecule has 2 heterocycles. The fourth-order valence-electron chi connectivity index (χ4n) is 7.19. The van der Waals surface area contributed by atoms with Crippen molar-refractivity contribution in [2.24, 2.45) is 0 Å². The highest BCUT2D eigenvalue weighted by Crippen LogP contribution is 2.54. The van der Waals surface area contributed by atoms with Gasteiger partial charge in [0.2, 0.25) is 0 Å². The molecule has 0 amide bonds. The summed E-state index contributed by atoms with van der Waals surface area (Å²) in [5, 5.41) is 5.30. The molecule has 0 aliphatic heterocycles. The molecule has 0 atom stereocenters. The van der Waals surface area contributed by atoms with E-state index in [1.54, 1.807) is 0 Å². The second-order valence-electron chi connectivity index (χ2n) is 11.8. The van der Waals surface area contributed by atoms with Crippen LogP contribution in [0.3, 0.4) is 0 Å². The maximum Gasteiger partial charge on any atom is 0.0547 e. The third-order valence-electron chi connectivity index (χ3n) is 9.21. The Balaban J connectivity index is 1.31. The summed E-state index contributed by atoms with van der Waals surface area (Å²) in [7, 11) is 0. The topological polar surface area (TPSA) is 4.93 Å². The lowest BCUT2D eigenvalue weighted by Gasteiger charge is -2.22. The van der Waals surface area contributed by atoms with Crippen LogP contribution in [0.15, 0.2) is 127 Å². The Morgan fingerprint density at radius 3 is 2.15 bits per heavy atom. The van der Waals surface area contributed by atoms with E-state index in [0.29, 0.717) is 0 Å². The number of fused-ring (bicyclic) bond motifs is 10. The van der Waals surface area contributed by atoms with Crippen molar-refractivity contribution in [1.82, 2.24) is 4.57 Å². The van der Waals surface area contributed by atoms with Crippen molar-refractivity contribution >= 4 is 53.3 Å². The molecule has 9 rings (SSSR count). The first-order chi connectivity index (χ1) is 20.1. The number of benzene rings is 6. The SMILES string of the molecule is CC1(C)c2cc(-n3c4ccccc4c4ccc(-c5ccccc5)cc43)ccc2-c2c1ccc1c2sc2ccccc21. The van der Waals surface area contributed by atoms with Crippen molar-refractivity contribution in [3.05, 3.63) is 139 Å². The Kier molecular flexibility index (Phi) is 4.61. The number of rotatable bonds is 2. The van der Waals surface area contributed by atoms with Crippen LogP contribution < -0.4 is 0 Å². The molecule has 194 valence electrons. The second-order valence-corrected chi connectivity index (χ2v) is 12.8. The van der Waals surface area contributed by atoms with Gasteiger partial charge in [0.25, 0.3) is 0 Å². The van der Waals surface area contributed by atoms with Crippen LogP contribution in [0.4, 0.5) is 0 Å². The van der Waals surface area contributed by atoms with Gasteiger partial charge in [-0.3, -0.25) is 0 Å². The summed E-state index contributed by atoms with van der Waals surface area (Å²) < 4.78 is 5.23. The molecular weight excluding hydrogens is 515 g/mol. The monoisotopic (exact) mass is 541 g/mol. The van der Waals surface area contributed by atoms with E-state index < -0.39 is 0 Å². The molecule has 2 aromatic heterocycles. The van der Waals surface area contributed by atoms with Gasteiger partial charge in [-0.25, -0.2) is 0 Å². The standard InChI is InChI=1S/C39H27NS/c1-39(2)32-21-20-30-29-13-7-9-15-36(29)41-38(30)37(32)31-19-17-26(23-33(31)39)40-34-14-8-6-12-27(34)28-18-16-25(22-35(28)40)24-10-4-3-5-11-24/h3-23H,1-2H3. The molecule has 2 heteroatoms. The second kappa shape index (κ2) is 8.19. The quantitative estimate of drug-likeness (QED) is 0.205. The Morgan fingerprint density at radius 1 is 0.537 bits per heavy atom. The van der Waals surface area contributed by atoms with Gasteiger partial charge in [0, 0.05) is 47.6 Å². The molecule has 0 spiro atoms. The molecule has 8 aromatic rings. The molecule has 1 aliphatic rings. The number of hydrogen-bond donors (Lipinski definition) is 0. The summed E-state index contributed by atoms with van der Waals surface area (Å²) in [6.07, 6.45) is 0. The average Bonchev–Trinajstić information content (AvgIpc) is 3.63. The third kappa shape index (κ3) is 3.11. The fraction of sp³-hybridized carbons (Fsp3) is 0.0769. The van der Waals surface area contributed by atoms with Gasteiger partial charge in [0.05, 0.1) is 11.0 Å². The van der Waals surface area contributed by atoms with Crippen LogP contribution in [-0.4, -0.2) is 4.57 Å².